The summed E-state index contributed by atoms with van der Waals surface area (Å²) in [6.45, 7) is 0.834. The summed E-state index contributed by atoms with van der Waals surface area (Å²) in [7, 11) is 3.81. The molecule has 0 saturated carbocycles. The molecule has 2 N–H and O–H groups in total. The molecule has 1 atom stereocenters. The molecule has 4 nitrogen and oxygen atoms in total. The van der Waals surface area contributed by atoms with Gasteiger partial charge in [0.25, 0.3) is 0 Å². The zero-order valence-corrected chi connectivity index (χ0v) is 14.8. The summed E-state index contributed by atoms with van der Waals surface area (Å²) in [5.74, 6) is 0.937. The zero-order valence-electron chi connectivity index (χ0n) is 14.0. The van der Waals surface area contributed by atoms with Crippen LogP contribution in [0.2, 0.25) is 0 Å². The predicted octanol–water partition coefficient (Wildman–Crippen LogP) is 3.98. The van der Waals surface area contributed by atoms with E-state index in [1.165, 1.54) is 10.3 Å². The van der Waals surface area contributed by atoms with Gasteiger partial charge >= 0.3 is 0 Å². The standard InChI is InChI=1S/C19H23N3OS/c1-20-22(21-2)13-12-18(19-11-6-14-24-19)23-17-10-5-8-15-7-3-4-9-16(15)17/h3-11,14,18,20-21H,12-13H2,1-2H3. The van der Waals surface area contributed by atoms with Crippen molar-refractivity contribution in [3.05, 3.63) is 64.9 Å². The Bertz CT molecular complexity index is 751. The van der Waals surface area contributed by atoms with Crippen LogP contribution in [0.3, 0.4) is 0 Å². The normalized spacial score (nSPS) is 12.6. The Morgan fingerprint density at radius 1 is 1.00 bits per heavy atom. The fourth-order valence-corrected chi connectivity index (χ4v) is 3.56. The quantitative estimate of drug-likeness (QED) is 0.608. The Kier molecular flexibility index (Phi) is 5.82. The fraction of sp³-hybridized carbons (Fsp3) is 0.263. The van der Waals surface area contributed by atoms with Gasteiger partial charge in [-0.05, 0) is 22.9 Å². The summed E-state index contributed by atoms with van der Waals surface area (Å²) in [5, 5.41) is 6.41. The van der Waals surface area contributed by atoms with E-state index in [1.54, 1.807) is 11.3 Å². The van der Waals surface area contributed by atoms with Gasteiger partial charge in [-0.2, -0.15) is 5.12 Å². The summed E-state index contributed by atoms with van der Waals surface area (Å²) < 4.78 is 6.44. The highest BCUT2D eigenvalue weighted by molar-refractivity contribution is 7.10. The van der Waals surface area contributed by atoms with E-state index < -0.39 is 0 Å². The van der Waals surface area contributed by atoms with E-state index in [0.717, 1.165) is 24.1 Å². The Balaban J connectivity index is 1.83. The minimum absolute atomic E-state index is 0.0278. The van der Waals surface area contributed by atoms with Crippen molar-refractivity contribution in [1.29, 1.82) is 0 Å². The van der Waals surface area contributed by atoms with E-state index >= 15 is 0 Å². The number of benzene rings is 2. The van der Waals surface area contributed by atoms with Gasteiger partial charge in [0.2, 0.25) is 0 Å². The van der Waals surface area contributed by atoms with Crippen molar-refractivity contribution < 1.29 is 4.74 Å². The molecule has 1 heterocycles. The molecule has 3 aromatic rings. The highest BCUT2D eigenvalue weighted by atomic mass is 32.1. The lowest BCUT2D eigenvalue weighted by Crippen LogP contribution is -2.45. The monoisotopic (exact) mass is 341 g/mol. The SMILES string of the molecule is CNN(CCC(Oc1cccc2ccccc12)c1cccs1)NC. The first-order valence-corrected chi connectivity index (χ1v) is 9.00. The van der Waals surface area contributed by atoms with Crippen LogP contribution in [0.15, 0.2) is 60.0 Å². The number of hydrazine groups is 2. The molecule has 1 aromatic heterocycles. The third-order valence-corrected chi connectivity index (χ3v) is 5.00. The van der Waals surface area contributed by atoms with Crippen molar-refractivity contribution in [1.82, 2.24) is 16.0 Å². The maximum Gasteiger partial charge on any atom is 0.134 e. The fourth-order valence-electron chi connectivity index (χ4n) is 2.77. The van der Waals surface area contributed by atoms with E-state index in [9.17, 15) is 0 Å². The molecule has 0 radical (unpaired) electrons. The van der Waals surface area contributed by atoms with E-state index in [-0.39, 0.29) is 6.10 Å². The third-order valence-electron chi connectivity index (χ3n) is 4.03. The van der Waals surface area contributed by atoms with Gasteiger partial charge < -0.3 is 4.74 Å². The Hall–Kier alpha value is -1.92. The molecule has 0 aliphatic heterocycles. The topological polar surface area (TPSA) is 36.5 Å². The Labute approximate surface area is 147 Å². The summed E-state index contributed by atoms with van der Waals surface area (Å²) in [6, 6.07) is 18.8. The van der Waals surface area contributed by atoms with Crippen molar-refractivity contribution in [3.63, 3.8) is 0 Å². The average molecular weight is 341 g/mol. The zero-order chi connectivity index (χ0) is 16.8. The smallest absolute Gasteiger partial charge is 0.134 e. The first-order chi connectivity index (χ1) is 11.8. The summed E-state index contributed by atoms with van der Waals surface area (Å²) >= 11 is 1.74. The van der Waals surface area contributed by atoms with Crippen molar-refractivity contribution in [2.45, 2.75) is 12.5 Å². The second-order valence-electron chi connectivity index (χ2n) is 5.49. The predicted molar refractivity (Wildman–Crippen MR) is 101 cm³/mol. The van der Waals surface area contributed by atoms with E-state index in [1.807, 2.05) is 19.2 Å². The van der Waals surface area contributed by atoms with E-state index in [4.69, 9.17) is 4.74 Å². The van der Waals surface area contributed by atoms with Crippen LogP contribution in [0.25, 0.3) is 10.8 Å². The highest BCUT2D eigenvalue weighted by Gasteiger charge is 2.17. The molecular formula is C19H23N3OS. The molecule has 0 spiro atoms. The molecule has 24 heavy (non-hydrogen) atoms. The number of hydrogen-bond acceptors (Lipinski definition) is 5. The van der Waals surface area contributed by atoms with Gasteiger partial charge in [-0.25, -0.2) is 10.9 Å². The number of thiophene rings is 1. The molecule has 126 valence electrons. The number of hydrogen-bond donors (Lipinski definition) is 2. The van der Waals surface area contributed by atoms with Gasteiger partial charge in [0, 0.05) is 37.3 Å². The molecule has 0 aliphatic carbocycles. The molecule has 2 aromatic carbocycles. The number of rotatable bonds is 8. The lowest BCUT2D eigenvalue weighted by Gasteiger charge is -2.24. The largest absolute Gasteiger partial charge is 0.484 e. The van der Waals surface area contributed by atoms with Crippen LogP contribution < -0.4 is 15.6 Å². The van der Waals surface area contributed by atoms with Crippen LogP contribution >= 0.6 is 11.3 Å². The van der Waals surface area contributed by atoms with Gasteiger partial charge in [-0.3, -0.25) is 0 Å². The number of nitrogens with zero attached hydrogens (tertiary/aromatic N) is 1. The Morgan fingerprint density at radius 2 is 1.79 bits per heavy atom. The lowest BCUT2D eigenvalue weighted by molar-refractivity contribution is 0.109. The van der Waals surface area contributed by atoms with Crippen LogP contribution in [0.1, 0.15) is 17.4 Å². The van der Waals surface area contributed by atoms with Gasteiger partial charge in [0.1, 0.15) is 11.9 Å². The number of ether oxygens (including phenoxy) is 1. The maximum absolute atomic E-state index is 6.44. The highest BCUT2D eigenvalue weighted by Crippen LogP contribution is 2.32. The molecule has 0 aliphatic rings. The molecule has 3 rings (SSSR count). The van der Waals surface area contributed by atoms with Crippen LogP contribution in [0.4, 0.5) is 0 Å². The molecule has 5 heteroatoms. The summed E-state index contributed by atoms with van der Waals surface area (Å²) in [4.78, 5) is 1.25. The van der Waals surface area contributed by atoms with Crippen molar-refractivity contribution in [3.8, 4) is 5.75 Å². The van der Waals surface area contributed by atoms with Crippen LogP contribution in [-0.2, 0) is 0 Å². The second kappa shape index (κ2) is 8.26. The molecule has 0 fully saturated rings. The van der Waals surface area contributed by atoms with Gasteiger partial charge in [0.05, 0.1) is 0 Å². The van der Waals surface area contributed by atoms with E-state index in [2.05, 4.69) is 70.8 Å². The molecule has 0 saturated heterocycles. The third kappa shape index (κ3) is 3.94. The second-order valence-corrected chi connectivity index (χ2v) is 6.47. The van der Waals surface area contributed by atoms with Gasteiger partial charge in [-0.15, -0.1) is 11.3 Å². The Morgan fingerprint density at radius 3 is 2.54 bits per heavy atom. The number of nitrogens with one attached hydrogen (secondary N) is 2. The lowest BCUT2D eigenvalue weighted by atomic mass is 10.1. The first-order valence-electron chi connectivity index (χ1n) is 8.12. The summed E-state index contributed by atoms with van der Waals surface area (Å²) in [5.41, 5.74) is 6.23. The van der Waals surface area contributed by atoms with Crippen molar-refractivity contribution >= 4 is 22.1 Å². The van der Waals surface area contributed by atoms with E-state index in [0.29, 0.717) is 0 Å². The van der Waals surface area contributed by atoms with Gasteiger partial charge in [-0.1, -0.05) is 42.5 Å². The maximum atomic E-state index is 6.44. The number of fused-ring (bicyclic) bond motifs is 1. The van der Waals surface area contributed by atoms with Crippen molar-refractivity contribution in [2.24, 2.45) is 0 Å². The van der Waals surface area contributed by atoms with Crippen LogP contribution in [-0.4, -0.2) is 25.8 Å². The minimum atomic E-state index is 0.0278. The first kappa shape index (κ1) is 16.9. The van der Waals surface area contributed by atoms with Crippen molar-refractivity contribution in [2.75, 3.05) is 20.6 Å². The summed E-state index contributed by atoms with van der Waals surface area (Å²) in [6.07, 6.45) is 0.908. The molecule has 0 bridgehead atoms. The molecular weight excluding hydrogens is 318 g/mol. The molecule has 1 unspecified atom stereocenters. The van der Waals surface area contributed by atoms with Gasteiger partial charge in [0.15, 0.2) is 0 Å². The minimum Gasteiger partial charge on any atom is -0.484 e. The molecule has 0 amide bonds. The van der Waals surface area contributed by atoms with Crippen LogP contribution in [0, 0.1) is 0 Å². The average Bonchev–Trinajstić information content (AvgIpc) is 3.16. The van der Waals surface area contributed by atoms with Crippen LogP contribution in [0.5, 0.6) is 5.75 Å².